The highest BCUT2D eigenvalue weighted by molar-refractivity contribution is 6.32. The SMILES string of the molecule is CCOC(=O)C=C(CNC(CC(F)(F)F)C(=O)OC)Oc1ccccc1Cl. The van der Waals surface area contributed by atoms with Crippen LogP contribution in [0.25, 0.3) is 0 Å². The molecular formula is C17H19ClF3NO5. The Bertz CT molecular complexity index is 679. The standard InChI is InChI=1S/C17H19ClF3NO5/c1-3-26-15(23)8-11(27-14-7-5-4-6-12(14)18)10-22-13(16(24)25-2)9-17(19,20)21/h4-8,13,22H,3,9-10H2,1-2H3. The first-order valence-electron chi connectivity index (χ1n) is 7.84. The molecule has 0 aliphatic rings. The molecule has 0 aliphatic carbocycles. The van der Waals surface area contributed by atoms with Crippen LogP contribution in [-0.2, 0) is 19.1 Å². The van der Waals surface area contributed by atoms with Crippen LogP contribution in [0.4, 0.5) is 13.2 Å². The Morgan fingerprint density at radius 3 is 2.52 bits per heavy atom. The number of carbonyl (C=O) groups is 2. The summed E-state index contributed by atoms with van der Waals surface area (Å²) < 4.78 is 52.6. The van der Waals surface area contributed by atoms with Crippen LogP contribution in [0.2, 0.25) is 5.02 Å². The van der Waals surface area contributed by atoms with Crippen LogP contribution in [0.3, 0.4) is 0 Å². The molecule has 1 N–H and O–H groups in total. The summed E-state index contributed by atoms with van der Waals surface area (Å²) in [6.07, 6.45) is -5.08. The highest BCUT2D eigenvalue weighted by Crippen LogP contribution is 2.25. The first kappa shape index (κ1) is 22.8. The summed E-state index contributed by atoms with van der Waals surface area (Å²) in [6, 6.07) is 4.65. The van der Waals surface area contributed by atoms with Crippen molar-refractivity contribution in [2.24, 2.45) is 0 Å². The molecule has 6 nitrogen and oxygen atoms in total. The molecule has 0 aromatic heterocycles. The fourth-order valence-corrected chi connectivity index (χ4v) is 2.11. The maximum atomic E-state index is 12.7. The minimum absolute atomic E-state index is 0.0855. The lowest BCUT2D eigenvalue weighted by Gasteiger charge is -2.19. The summed E-state index contributed by atoms with van der Waals surface area (Å²) in [4.78, 5) is 23.3. The molecule has 10 heteroatoms. The topological polar surface area (TPSA) is 73.9 Å². The van der Waals surface area contributed by atoms with Gasteiger partial charge in [-0.05, 0) is 19.1 Å². The molecule has 0 amide bonds. The van der Waals surface area contributed by atoms with Gasteiger partial charge in [-0.25, -0.2) is 4.79 Å². The van der Waals surface area contributed by atoms with Crippen LogP contribution in [0.15, 0.2) is 36.1 Å². The molecule has 1 aromatic rings. The summed E-state index contributed by atoms with van der Waals surface area (Å²) in [5, 5.41) is 2.60. The number of ether oxygens (including phenoxy) is 3. The zero-order chi connectivity index (χ0) is 20.4. The molecule has 0 saturated heterocycles. The number of esters is 2. The molecule has 150 valence electrons. The Morgan fingerprint density at radius 2 is 1.96 bits per heavy atom. The molecule has 1 atom stereocenters. The molecule has 0 radical (unpaired) electrons. The Kier molecular flexibility index (Phi) is 9.10. The van der Waals surface area contributed by atoms with Gasteiger partial charge < -0.3 is 14.2 Å². The number of nitrogens with one attached hydrogen (secondary N) is 1. The van der Waals surface area contributed by atoms with E-state index in [-0.39, 0.29) is 29.7 Å². The highest BCUT2D eigenvalue weighted by atomic mass is 35.5. The molecular weight excluding hydrogens is 391 g/mol. The second-order valence-electron chi connectivity index (χ2n) is 5.17. The summed E-state index contributed by atoms with van der Waals surface area (Å²) in [7, 11) is 0.975. The summed E-state index contributed by atoms with van der Waals surface area (Å²) >= 11 is 5.98. The largest absolute Gasteiger partial charge is 0.468 e. The van der Waals surface area contributed by atoms with Gasteiger partial charge >= 0.3 is 18.1 Å². The van der Waals surface area contributed by atoms with Crippen molar-refractivity contribution in [1.29, 1.82) is 0 Å². The van der Waals surface area contributed by atoms with Gasteiger partial charge in [0.1, 0.15) is 17.6 Å². The van der Waals surface area contributed by atoms with Crippen molar-refractivity contribution in [3.8, 4) is 5.75 Å². The molecule has 0 spiro atoms. The molecule has 0 fully saturated rings. The lowest BCUT2D eigenvalue weighted by molar-refractivity contribution is -0.160. The number of carbonyl (C=O) groups excluding carboxylic acids is 2. The van der Waals surface area contributed by atoms with E-state index in [9.17, 15) is 22.8 Å². The van der Waals surface area contributed by atoms with Crippen LogP contribution in [-0.4, -0.2) is 44.4 Å². The second kappa shape index (κ2) is 10.8. The van der Waals surface area contributed by atoms with Gasteiger partial charge in [0.15, 0.2) is 0 Å². The van der Waals surface area contributed by atoms with Crippen LogP contribution >= 0.6 is 11.6 Å². The molecule has 0 aliphatic heterocycles. The van der Waals surface area contributed by atoms with Gasteiger partial charge in [-0.2, -0.15) is 13.2 Å². The number of methoxy groups -OCH3 is 1. The van der Waals surface area contributed by atoms with Gasteiger partial charge in [0.05, 0.1) is 37.8 Å². The van der Waals surface area contributed by atoms with Crippen molar-refractivity contribution >= 4 is 23.5 Å². The van der Waals surface area contributed by atoms with Crippen molar-refractivity contribution in [2.75, 3.05) is 20.3 Å². The van der Waals surface area contributed by atoms with Crippen molar-refractivity contribution in [2.45, 2.75) is 25.6 Å². The van der Waals surface area contributed by atoms with Crippen molar-refractivity contribution < 1.29 is 37.0 Å². The third kappa shape index (κ3) is 8.78. The van der Waals surface area contributed by atoms with E-state index in [1.165, 1.54) is 12.1 Å². The number of alkyl halides is 3. The van der Waals surface area contributed by atoms with Crippen LogP contribution < -0.4 is 10.1 Å². The van der Waals surface area contributed by atoms with E-state index in [2.05, 4.69) is 10.1 Å². The molecule has 1 rings (SSSR count). The average molecular weight is 410 g/mol. The predicted molar refractivity (Wildman–Crippen MR) is 91.3 cm³/mol. The number of para-hydroxylation sites is 1. The maximum Gasteiger partial charge on any atom is 0.391 e. The Morgan fingerprint density at radius 1 is 1.30 bits per heavy atom. The average Bonchev–Trinajstić information content (AvgIpc) is 2.58. The lowest BCUT2D eigenvalue weighted by atomic mass is 10.2. The first-order chi connectivity index (χ1) is 12.7. The van der Waals surface area contributed by atoms with E-state index in [0.29, 0.717) is 0 Å². The molecule has 1 aromatic carbocycles. The highest BCUT2D eigenvalue weighted by Gasteiger charge is 2.36. The minimum atomic E-state index is -4.60. The number of benzene rings is 1. The van der Waals surface area contributed by atoms with Crippen LogP contribution in [0.5, 0.6) is 5.75 Å². The van der Waals surface area contributed by atoms with Crippen LogP contribution in [0, 0.1) is 0 Å². The Hall–Kier alpha value is -2.26. The normalized spacial score (nSPS) is 13.0. The van der Waals surface area contributed by atoms with Gasteiger partial charge in [0.2, 0.25) is 0 Å². The molecule has 0 bridgehead atoms. The monoisotopic (exact) mass is 409 g/mol. The van der Waals surface area contributed by atoms with E-state index in [4.69, 9.17) is 21.1 Å². The fraction of sp³-hybridized carbons (Fsp3) is 0.412. The first-order valence-corrected chi connectivity index (χ1v) is 8.21. The quantitative estimate of drug-likeness (QED) is 0.383. The molecule has 0 saturated carbocycles. The third-order valence-corrected chi connectivity index (χ3v) is 3.40. The molecule has 27 heavy (non-hydrogen) atoms. The van der Waals surface area contributed by atoms with Gasteiger partial charge in [-0.3, -0.25) is 10.1 Å². The predicted octanol–water partition coefficient (Wildman–Crippen LogP) is 3.25. The fourth-order valence-electron chi connectivity index (χ4n) is 1.94. The zero-order valence-electron chi connectivity index (χ0n) is 14.6. The number of hydrogen-bond acceptors (Lipinski definition) is 6. The second-order valence-corrected chi connectivity index (χ2v) is 5.58. The van der Waals surface area contributed by atoms with Crippen molar-refractivity contribution in [3.63, 3.8) is 0 Å². The van der Waals surface area contributed by atoms with Crippen LogP contribution in [0.1, 0.15) is 13.3 Å². The smallest absolute Gasteiger partial charge is 0.391 e. The number of rotatable bonds is 9. The number of halogens is 4. The molecule has 1 unspecified atom stereocenters. The van der Waals surface area contributed by atoms with Gasteiger partial charge in [-0.1, -0.05) is 23.7 Å². The zero-order valence-corrected chi connectivity index (χ0v) is 15.4. The summed E-state index contributed by atoms with van der Waals surface area (Å²) in [5.41, 5.74) is 0. The summed E-state index contributed by atoms with van der Waals surface area (Å²) in [6.45, 7) is 1.32. The van der Waals surface area contributed by atoms with Gasteiger partial charge in [0.25, 0.3) is 0 Å². The van der Waals surface area contributed by atoms with Crippen molar-refractivity contribution in [3.05, 3.63) is 41.1 Å². The Labute approximate surface area is 159 Å². The number of hydrogen-bond donors (Lipinski definition) is 1. The van der Waals surface area contributed by atoms with E-state index in [1.54, 1.807) is 19.1 Å². The third-order valence-electron chi connectivity index (χ3n) is 3.09. The van der Waals surface area contributed by atoms with E-state index in [1.807, 2.05) is 0 Å². The van der Waals surface area contributed by atoms with E-state index >= 15 is 0 Å². The maximum absolute atomic E-state index is 12.7. The summed E-state index contributed by atoms with van der Waals surface area (Å²) in [5.74, 6) is -1.76. The van der Waals surface area contributed by atoms with Gasteiger partial charge in [0, 0.05) is 0 Å². The molecule has 0 heterocycles. The lowest BCUT2D eigenvalue weighted by Crippen LogP contribution is -2.42. The van der Waals surface area contributed by atoms with E-state index in [0.717, 1.165) is 13.2 Å². The van der Waals surface area contributed by atoms with Crippen molar-refractivity contribution in [1.82, 2.24) is 5.32 Å². The minimum Gasteiger partial charge on any atom is -0.468 e. The van der Waals surface area contributed by atoms with E-state index < -0.39 is 30.6 Å². The van der Waals surface area contributed by atoms with Gasteiger partial charge in [-0.15, -0.1) is 0 Å². The Balaban J connectivity index is 2.96.